The number of hydrogen-bond acceptors (Lipinski definition) is 6. The number of aryl methyl sites for hydroxylation is 1. The first-order chi connectivity index (χ1) is 9.28. The van der Waals surface area contributed by atoms with Gasteiger partial charge in [-0.1, -0.05) is 0 Å². The van der Waals surface area contributed by atoms with E-state index in [4.69, 9.17) is 4.74 Å². The summed E-state index contributed by atoms with van der Waals surface area (Å²) in [5.74, 6) is 1.68. The molecule has 1 N–H and O–H groups in total. The molecule has 19 heavy (non-hydrogen) atoms. The van der Waals surface area contributed by atoms with E-state index in [1.807, 2.05) is 20.0 Å². The van der Waals surface area contributed by atoms with Crippen LogP contribution in [0.1, 0.15) is 5.69 Å². The second-order valence-electron chi connectivity index (χ2n) is 4.72. The van der Waals surface area contributed by atoms with Gasteiger partial charge < -0.3 is 15.0 Å². The van der Waals surface area contributed by atoms with Crippen molar-refractivity contribution in [2.24, 2.45) is 0 Å². The summed E-state index contributed by atoms with van der Waals surface area (Å²) in [7, 11) is 1.94. The molecular weight excluding hydrogens is 244 g/mol. The summed E-state index contributed by atoms with van der Waals surface area (Å²) in [6.07, 6.45) is 1.74. The molecule has 1 atom stereocenters. The van der Waals surface area contributed by atoms with Crippen LogP contribution in [-0.4, -0.2) is 59.0 Å². The van der Waals surface area contributed by atoms with Gasteiger partial charge in [-0.3, -0.25) is 0 Å². The third kappa shape index (κ3) is 2.39. The van der Waals surface area contributed by atoms with Crippen LogP contribution in [0.4, 0.5) is 5.82 Å². The van der Waals surface area contributed by atoms with Crippen molar-refractivity contribution in [1.29, 1.82) is 0 Å². The number of hydrogen-bond donors (Lipinski definition) is 1. The number of likely N-dealkylation sites (N-methyl/N-ethyl adjacent to an activating group) is 1. The zero-order valence-corrected chi connectivity index (χ0v) is 11.2. The lowest BCUT2D eigenvalue weighted by atomic mass is 10.2. The molecule has 7 heteroatoms. The minimum Gasteiger partial charge on any atom is -0.373 e. The van der Waals surface area contributed by atoms with Crippen LogP contribution in [-0.2, 0) is 4.74 Å². The molecule has 1 aliphatic heterocycles. The van der Waals surface area contributed by atoms with Crippen molar-refractivity contribution >= 4 is 11.6 Å². The number of aromatic nitrogens is 4. The number of nitrogens with one attached hydrogen (secondary N) is 1. The lowest BCUT2D eigenvalue weighted by molar-refractivity contribution is 0.0417. The number of anilines is 1. The number of morpholine rings is 1. The first kappa shape index (κ1) is 12.3. The maximum atomic E-state index is 5.73. The van der Waals surface area contributed by atoms with E-state index in [1.54, 1.807) is 4.52 Å². The van der Waals surface area contributed by atoms with Gasteiger partial charge in [0, 0.05) is 31.4 Å². The fraction of sp³-hybridized carbons (Fsp3) is 0.583. The molecule has 2 aromatic rings. The fourth-order valence-corrected chi connectivity index (χ4v) is 2.42. The average molecular weight is 262 g/mol. The molecule has 1 fully saturated rings. The van der Waals surface area contributed by atoms with Gasteiger partial charge >= 0.3 is 0 Å². The SMILES string of the molecule is CNCC1CN(c2cc(C)nc3ncnn23)CCO1. The van der Waals surface area contributed by atoms with Gasteiger partial charge in [-0.05, 0) is 14.0 Å². The largest absolute Gasteiger partial charge is 0.373 e. The third-order valence-corrected chi connectivity index (χ3v) is 3.26. The quantitative estimate of drug-likeness (QED) is 0.830. The molecule has 0 radical (unpaired) electrons. The minimum absolute atomic E-state index is 0.200. The summed E-state index contributed by atoms with van der Waals surface area (Å²) in [4.78, 5) is 10.8. The standard InChI is InChI=1S/C12H18N6O/c1-9-5-11(18-12(16-9)14-8-15-18)17-3-4-19-10(7-17)6-13-2/h5,8,10,13H,3-4,6-7H2,1-2H3. The van der Waals surface area contributed by atoms with Crippen LogP contribution in [0, 0.1) is 6.92 Å². The smallest absolute Gasteiger partial charge is 0.254 e. The Bertz CT molecular complexity index is 566. The number of nitrogens with zero attached hydrogens (tertiary/aromatic N) is 5. The third-order valence-electron chi connectivity index (χ3n) is 3.26. The Morgan fingerprint density at radius 2 is 2.42 bits per heavy atom. The topological polar surface area (TPSA) is 67.6 Å². The van der Waals surface area contributed by atoms with Crippen molar-refractivity contribution in [2.45, 2.75) is 13.0 Å². The monoisotopic (exact) mass is 262 g/mol. The van der Waals surface area contributed by atoms with Crippen LogP contribution >= 0.6 is 0 Å². The highest BCUT2D eigenvalue weighted by atomic mass is 16.5. The number of rotatable bonds is 3. The minimum atomic E-state index is 0.200. The number of ether oxygens (including phenoxy) is 1. The number of fused-ring (bicyclic) bond motifs is 1. The molecule has 3 heterocycles. The Hall–Kier alpha value is -1.73. The van der Waals surface area contributed by atoms with Crippen LogP contribution in [0.2, 0.25) is 0 Å². The summed E-state index contributed by atoms with van der Waals surface area (Å²) in [6.45, 7) is 5.26. The Labute approximate surface area is 111 Å². The molecule has 0 aliphatic carbocycles. The highest BCUT2D eigenvalue weighted by molar-refractivity contribution is 5.47. The van der Waals surface area contributed by atoms with Gasteiger partial charge in [-0.15, -0.1) is 0 Å². The van der Waals surface area contributed by atoms with E-state index < -0.39 is 0 Å². The van der Waals surface area contributed by atoms with E-state index in [9.17, 15) is 0 Å². The van der Waals surface area contributed by atoms with Gasteiger partial charge in [0.25, 0.3) is 5.78 Å². The highest BCUT2D eigenvalue weighted by Gasteiger charge is 2.22. The molecule has 7 nitrogen and oxygen atoms in total. The molecule has 3 rings (SSSR count). The van der Waals surface area contributed by atoms with E-state index in [-0.39, 0.29) is 6.10 Å². The zero-order valence-electron chi connectivity index (χ0n) is 11.2. The van der Waals surface area contributed by atoms with Gasteiger partial charge in [0.2, 0.25) is 0 Å². The molecule has 1 saturated heterocycles. The summed E-state index contributed by atoms with van der Waals surface area (Å²) < 4.78 is 7.52. The zero-order chi connectivity index (χ0) is 13.2. The Kier molecular flexibility index (Phi) is 3.31. The lowest BCUT2D eigenvalue weighted by Crippen LogP contribution is -2.47. The maximum Gasteiger partial charge on any atom is 0.254 e. The Morgan fingerprint density at radius 1 is 1.53 bits per heavy atom. The summed E-state index contributed by atoms with van der Waals surface area (Å²) in [6, 6.07) is 2.05. The Morgan fingerprint density at radius 3 is 3.26 bits per heavy atom. The van der Waals surface area contributed by atoms with Crippen molar-refractivity contribution in [3.05, 3.63) is 18.1 Å². The molecule has 1 unspecified atom stereocenters. The van der Waals surface area contributed by atoms with E-state index >= 15 is 0 Å². The van der Waals surface area contributed by atoms with Crippen LogP contribution in [0.15, 0.2) is 12.4 Å². The molecule has 0 saturated carbocycles. The molecule has 1 aliphatic rings. The molecule has 0 aromatic carbocycles. The van der Waals surface area contributed by atoms with E-state index in [0.29, 0.717) is 5.78 Å². The van der Waals surface area contributed by atoms with E-state index in [2.05, 4.69) is 25.3 Å². The van der Waals surface area contributed by atoms with Gasteiger partial charge in [-0.25, -0.2) is 4.98 Å². The van der Waals surface area contributed by atoms with Gasteiger partial charge in [0.15, 0.2) is 0 Å². The molecule has 2 aromatic heterocycles. The van der Waals surface area contributed by atoms with Crippen molar-refractivity contribution in [3.63, 3.8) is 0 Å². The van der Waals surface area contributed by atoms with Crippen LogP contribution in [0.25, 0.3) is 5.78 Å². The van der Waals surface area contributed by atoms with Crippen LogP contribution < -0.4 is 10.2 Å². The highest BCUT2D eigenvalue weighted by Crippen LogP contribution is 2.18. The van der Waals surface area contributed by atoms with Crippen molar-refractivity contribution in [3.8, 4) is 0 Å². The van der Waals surface area contributed by atoms with Gasteiger partial charge in [0.05, 0.1) is 12.7 Å². The lowest BCUT2D eigenvalue weighted by Gasteiger charge is -2.34. The first-order valence-electron chi connectivity index (χ1n) is 6.46. The molecule has 102 valence electrons. The molecule has 0 spiro atoms. The van der Waals surface area contributed by atoms with E-state index in [1.165, 1.54) is 6.33 Å². The summed E-state index contributed by atoms with van der Waals surface area (Å²) >= 11 is 0. The van der Waals surface area contributed by atoms with Crippen LogP contribution in [0.5, 0.6) is 0 Å². The van der Waals surface area contributed by atoms with Crippen LogP contribution in [0.3, 0.4) is 0 Å². The van der Waals surface area contributed by atoms with Crippen molar-refractivity contribution in [2.75, 3.05) is 38.2 Å². The van der Waals surface area contributed by atoms with E-state index in [0.717, 1.165) is 37.8 Å². The van der Waals surface area contributed by atoms with Gasteiger partial charge in [-0.2, -0.15) is 14.6 Å². The molecular formula is C12H18N6O. The molecule has 0 amide bonds. The predicted octanol–water partition coefficient (Wildman–Crippen LogP) is -0.143. The molecule has 0 bridgehead atoms. The fourth-order valence-electron chi connectivity index (χ4n) is 2.42. The van der Waals surface area contributed by atoms with Gasteiger partial charge in [0.1, 0.15) is 12.1 Å². The Balaban J connectivity index is 1.92. The average Bonchev–Trinajstić information content (AvgIpc) is 2.86. The van der Waals surface area contributed by atoms with Crippen molar-refractivity contribution < 1.29 is 4.74 Å². The second kappa shape index (κ2) is 5.10. The first-order valence-corrected chi connectivity index (χ1v) is 6.46. The normalized spacial score (nSPS) is 20.1. The van der Waals surface area contributed by atoms with Crippen molar-refractivity contribution in [1.82, 2.24) is 24.9 Å². The predicted molar refractivity (Wildman–Crippen MR) is 71.4 cm³/mol. The summed E-state index contributed by atoms with van der Waals surface area (Å²) in [5.41, 5.74) is 0.951. The summed E-state index contributed by atoms with van der Waals surface area (Å²) in [5, 5.41) is 7.41. The second-order valence-corrected chi connectivity index (χ2v) is 4.72. The maximum absolute atomic E-state index is 5.73.